The Kier molecular flexibility index (Phi) is 6.77. The minimum absolute atomic E-state index is 0.0664. The third-order valence-corrected chi connectivity index (χ3v) is 5.25. The van der Waals surface area contributed by atoms with Crippen LogP contribution in [-0.2, 0) is 0 Å². The van der Waals surface area contributed by atoms with Crippen molar-refractivity contribution in [1.29, 1.82) is 0 Å². The van der Waals surface area contributed by atoms with E-state index in [1.165, 1.54) is 25.9 Å². The predicted molar refractivity (Wildman–Crippen MR) is 94.6 cm³/mol. The van der Waals surface area contributed by atoms with Crippen molar-refractivity contribution < 1.29 is 4.79 Å². The van der Waals surface area contributed by atoms with Crippen LogP contribution in [0.5, 0.6) is 0 Å². The van der Waals surface area contributed by atoms with Gasteiger partial charge in [-0.1, -0.05) is 26.0 Å². The van der Waals surface area contributed by atoms with Crippen LogP contribution in [0.2, 0.25) is 0 Å². The van der Waals surface area contributed by atoms with Gasteiger partial charge in [0.05, 0.1) is 5.56 Å². The minimum atomic E-state index is 0.0664. The number of piperidine rings is 1. The van der Waals surface area contributed by atoms with Crippen molar-refractivity contribution >= 4 is 17.7 Å². The third kappa shape index (κ3) is 5.33. The van der Waals surface area contributed by atoms with E-state index in [2.05, 4.69) is 31.1 Å². The number of carbonyl (C=O) groups is 1. The number of benzene rings is 1. The maximum atomic E-state index is 12.4. The molecule has 0 atom stereocenters. The molecular formula is C18H28N2OS. The molecule has 1 aromatic carbocycles. The second kappa shape index (κ2) is 8.59. The lowest BCUT2D eigenvalue weighted by Gasteiger charge is -2.28. The van der Waals surface area contributed by atoms with Crippen LogP contribution in [0.25, 0.3) is 0 Å². The third-order valence-electron chi connectivity index (χ3n) is 4.17. The lowest BCUT2D eigenvalue weighted by atomic mass is 9.94. The van der Waals surface area contributed by atoms with Crippen LogP contribution in [0.1, 0.15) is 43.5 Å². The van der Waals surface area contributed by atoms with Crippen molar-refractivity contribution in [2.45, 2.75) is 43.3 Å². The Morgan fingerprint density at radius 1 is 1.32 bits per heavy atom. The molecule has 0 radical (unpaired) electrons. The molecule has 22 heavy (non-hydrogen) atoms. The number of nitrogens with zero attached hydrogens (tertiary/aromatic N) is 1. The topological polar surface area (TPSA) is 32.3 Å². The van der Waals surface area contributed by atoms with Gasteiger partial charge in [0, 0.05) is 16.7 Å². The molecule has 1 N–H and O–H groups in total. The van der Waals surface area contributed by atoms with Gasteiger partial charge in [0.1, 0.15) is 0 Å². The highest BCUT2D eigenvalue weighted by Gasteiger charge is 2.17. The summed E-state index contributed by atoms with van der Waals surface area (Å²) in [5.41, 5.74) is 0.810. The molecule has 0 bridgehead atoms. The first kappa shape index (κ1) is 17.4. The van der Waals surface area contributed by atoms with E-state index in [0.29, 0.717) is 5.25 Å². The zero-order valence-electron chi connectivity index (χ0n) is 14.0. The monoisotopic (exact) mass is 320 g/mol. The van der Waals surface area contributed by atoms with Gasteiger partial charge in [0.2, 0.25) is 0 Å². The van der Waals surface area contributed by atoms with Crippen molar-refractivity contribution in [2.24, 2.45) is 5.92 Å². The Morgan fingerprint density at radius 3 is 2.68 bits per heavy atom. The van der Waals surface area contributed by atoms with Crippen LogP contribution in [0, 0.1) is 5.92 Å². The van der Waals surface area contributed by atoms with Crippen LogP contribution >= 0.6 is 11.8 Å². The summed E-state index contributed by atoms with van der Waals surface area (Å²) in [6.45, 7) is 7.46. The van der Waals surface area contributed by atoms with E-state index < -0.39 is 0 Å². The maximum Gasteiger partial charge on any atom is 0.252 e. The van der Waals surface area contributed by atoms with E-state index in [1.807, 2.05) is 24.3 Å². The zero-order valence-corrected chi connectivity index (χ0v) is 14.8. The second-order valence-corrected chi connectivity index (χ2v) is 8.07. The number of rotatable bonds is 6. The Labute approximate surface area is 138 Å². The molecule has 1 fully saturated rings. The largest absolute Gasteiger partial charge is 0.352 e. The summed E-state index contributed by atoms with van der Waals surface area (Å²) in [6, 6.07) is 7.91. The van der Waals surface area contributed by atoms with Crippen molar-refractivity contribution in [3.8, 4) is 0 Å². The van der Waals surface area contributed by atoms with Crippen LogP contribution in [0.15, 0.2) is 29.2 Å². The van der Waals surface area contributed by atoms with Gasteiger partial charge in [0.15, 0.2) is 0 Å². The van der Waals surface area contributed by atoms with E-state index in [-0.39, 0.29) is 5.91 Å². The van der Waals surface area contributed by atoms with Crippen LogP contribution in [0.3, 0.4) is 0 Å². The Morgan fingerprint density at radius 2 is 2.00 bits per heavy atom. The molecule has 0 saturated carbocycles. The summed E-state index contributed by atoms with van der Waals surface area (Å²) in [5, 5.41) is 3.59. The highest BCUT2D eigenvalue weighted by atomic mass is 32.2. The number of likely N-dealkylation sites (tertiary alicyclic amines) is 1. The number of thioether (sulfide) groups is 1. The highest BCUT2D eigenvalue weighted by molar-refractivity contribution is 8.00. The van der Waals surface area contributed by atoms with E-state index in [4.69, 9.17) is 0 Å². The summed E-state index contributed by atoms with van der Waals surface area (Å²) in [7, 11) is 2.18. The minimum Gasteiger partial charge on any atom is -0.352 e. The van der Waals surface area contributed by atoms with Gasteiger partial charge in [-0.25, -0.2) is 0 Å². The molecule has 122 valence electrons. The first-order valence-electron chi connectivity index (χ1n) is 8.28. The van der Waals surface area contributed by atoms with Crippen molar-refractivity contribution in [3.05, 3.63) is 29.8 Å². The molecule has 0 spiro atoms. The van der Waals surface area contributed by atoms with Gasteiger partial charge in [-0.2, -0.15) is 0 Å². The fourth-order valence-electron chi connectivity index (χ4n) is 2.85. The molecule has 0 unspecified atom stereocenters. The summed E-state index contributed by atoms with van der Waals surface area (Å²) in [6.07, 6.45) is 3.61. The molecular weight excluding hydrogens is 292 g/mol. The van der Waals surface area contributed by atoms with Crippen LogP contribution in [0.4, 0.5) is 0 Å². The number of hydrogen-bond acceptors (Lipinski definition) is 3. The van der Waals surface area contributed by atoms with Crippen LogP contribution < -0.4 is 5.32 Å². The van der Waals surface area contributed by atoms with Gasteiger partial charge < -0.3 is 10.2 Å². The first-order chi connectivity index (χ1) is 10.6. The van der Waals surface area contributed by atoms with Crippen molar-refractivity contribution in [1.82, 2.24) is 10.2 Å². The molecule has 1 heterocycles. The lowest BCUT2D eigenvalue weighted by Crippen LogP contribution is -2.32. The summed E-state index contributed by atoms with van der Waals surface area (Å²) in [5.74, 6) is 0.827. The smallest absolute Gasteiger partial charge is 0.252 e. The number of hydrogen-bond donors (Lipinski definition) is 1. The number of amides is 1. The number of carbonyl (C=O) groups excluding carboxylic acids is 1. The molecule has 3 nitrogen and oxygen atoms in total. The highest BCUT2D eigenvalue weighted by Crippen LogP contribution is 2.26. The molecule has 2 rings (SSSR count). The van der Waals surface area contributed by atoms with E-state index in [1.54, 1.807) is 11.8 Å². The molecule has 1 aliphatic heterocycles. The molecule has 4 heteroatoms. The Bertz CT molecular complexity index is 482. The average Bonchev–Trinajstić information content (AvgIpc) is 2.49. The maximum absolute atomic E-state index is 12.4. The summed E-state index contributed by atoms with van der Waals surface area (Å²) >= 11 is 1.75. The molecule has 1 amide bonds. The normalized spacial score (nSPS) is 16.9. The van der Waals surface area contributed by atoms with Gasteiger partial charge >= 0.3 is 0 Å². The van der Waals surface area contributed by atoms with E-state index >= 15 is 0 Å². The quantitative estimate of drug-likeness (QED) is 0.812. The van der Waals surface area contributed by atoms with Crippen molar-refractivity contribution in [2.75, 3.05) is 26.7 Å². The fraction of sp³-hybridized carbons (Fsp3) is 0.611. The standard InChI is InChI=1S/C18H28N2OS/c1-14(2)22-17-7-5-4-6-16(17)18(21)19-11-8-15-9-12-20(3)13-10-15/h4-7,14-15H,8-13H2,1-3H3,(H,19,21). The fourth-order valence-corrected chi connectivity index (χ4v) is 3.80. The first-order valence-corrected chi connectivity index (χ1v) is 9.16. The molecule has 0 aliphatic carbocycles. The lowest BCUT2D eigenvalue weighted by molar-refractivity contribution is 0.0946. The average molecular weight is 321 g/mol. The Balaban J connectivity index is 1.82. The molecule has 1 aliphatic rings. The van der Waals surface area contributed by atoms with Gasteiger partial charge in [-0.05, 0) is 57.5 Å². The molecule has 0 aromatic heterocycles. The molecule has 1 saturated heterocycles. The summed E-state index contributed by atoms with van der Waals surface area (Å²) < 4.78 is 0. The Hall–Kier alpha value is -1.00. The van der Waals surface area contributed by atoms with E-state index in [0.717, 1.165) is 29.3 Å². The number of nitrogens with one attached hydrogen (secondary N) is 1. The van der Waals surface area contributed by atoms with E-state index in [9.17, 15) is 4.79 Å². The predicted octanol–water partition coefficient (Wildman–Crippen LogP) is 3.65. The van der Waals surface area contributed by atoms with Crippen molar-refractivity contribution in [3.63, 3.8) is 0 Å². The van der Waals surface area contributed by atoms with Gasteiger partial charge in [0.25, 0.3) is 5.91 Å². The van der Waals surface area contributed by atoms with Gasteiger partial charge in [-0.15, -0.1) is 11.8 Å². The van der Waals surface area contributed by atoms with Crippen LogP contribution in [-0.4, -0.2) is 42.7 Å². The summed E-state index contributed by atoms with van der Waals surface area (Å²) in [4.78, 5) is 15.9. The second-order valence-electron chi connectivity index (χ2n) is 6.45. The van der Waals surface area contributed by atoms with Gasteiger partial charge in [-0.3, -0.25) is 4.79 Å². The zero-order chi connectivity index (χ0) is 15.9. The molecule has 1 aromatic rings. The SMILES string of the molecule is CC(C)Sc1ccccc1C(=O)NCCC1CCN(C)CC1.